The van der Waals surface area contributed by atoms with Gasteiger partial charge in [-0.1, -0.05) is 24.3 Å². The van der Waals surface area contributed by atoms with Crippen molar-refractivity contribution < 1.29 is 9.59 Å². The van der Waals surface area contributed by atoms with Gasteiger partial charge in [-0.05, 0) is 98.0 Å². The van der Waals surface area contributed by atoms with E-state index >= 15 is 0 Å². The predicted molar refractivity (Wildman–Crippen MR) is 159 cm³/mol. The monoisotopic (exact) mass is 562 g/mol. The van der Waals surface area contributed by atoms with Crippen LogP contribution in [0.2, 0.25) is 0 Å². The summed E-state index contributed by atoms with van der Waals surface area (Å²) in [7, 11) is 0. The fourth-order valence-electron chi connectivity index (χ4n) is 5.53. The number of aromatic amines is 2. The number of halogens is 1. The first-order valence-corrected chi connectivity index (χ1v) is 13.4. The summed E-state index contributed by atoms with van der Waals surface area (Å²) < 4.78 is 0. The maximum Gasteiger partial charge on any atom is 0.271 e. The SMILES string of the molecule is Cc1cnccc1-c1cccc(C[C@H](N)C(=O)N(C(=O)C2CCC(CN)CC2)c2ccc3c(=O)[nH][nH]c3c2)c1.Cl. The van der Waals surface area contributed by atoms with Gasteiger partial charge in [-0.2, -0.15) is 0 Å². The van der Waals surface area contributed by atoms with E-state index in [9.17, 15) is 14.4 Å². The third-order valence-corrected chi connectivity index (χ3v) is 7.82. The van der Waals surface area contributed by atoms with Crippen LogP contribution in [0, 0.1) is 18.8 Å². The summed E-state index contributed by atoms with van der Waals surface area (Å²) in [6, 6.07) is 13.8. The minimum Gasteiger partial charge on any atom is -0.330 e. The molecule has 1 saturated carbocycles. The lowest BCUT2D eigenvalue weighted by atomic mass is 9.81. The van der Waals surface area contributed by atoms with Crippen molar-refractivity contribution in [1.82, 2.24) is 15.2 Å². The molecule has 1 atom stereocenters. The summed E-state index contributed by atoms with van der Waals surface area (Å²) in [5.41, 5.74) is 17.0. The van der Waals surface area contributed by atoms with Crippen molar-refractivity contribution in [3.63, 3.8) is 0 Å². The van der Waals surface area contributed by atoms with E-state index in [-0.39, 0.29) is 36.2 Å². The van der Waals surface area contributed by atoms with Crippen molar-refractivity contribution in [3.8, 4) is 11.1 Å². The van der Waals surface area contributed by atoms with Gasteiger partial charge in [-0.3, -0.25) is 29.6 Å². The van der Waals surface area contributed by atoms with Crippen LogP contribution in [-0.2, 0) is 16.0 Å². The molecule has 0 spiro atoms. The number of amides is 2. The van der Waals surface area contributed by atoms with E-state index in [0.29, 0.717) is 41.9 Å². The van der Waals surface area contributed by atoms with E-state index in [2.05, 4.69) is 15.2 Å². The molecule has 0 bridgehead atoms. The second-order valence-corrected chi connectivity index (χ2v) is 10.5. The first kappa shape index (κ1) is 29.2. The highest BCUT2D eigenvalue weighted by atomic mass is 35.5. The van der Waals surface area contributed by atoms with Crippen molar-refractivity contribution >= 4 is 40.8 Å². The van der Waals surface area contributed by atoms with Crippen molar-refractivity contribution in [2.24, 2.45) is 23.3 Å². The quantitative estimate of drug-likeness (QED) is 0.268. The molecule has 0 unspecified atom stereocenters. The van der Waals surface area contributed by atoms with Crippen molar-refractivity contribution in [1.29, 1.82) is 0 Å². The number of rotatable bonds is 7. The lowest BCUT2D eigenvalue weighted by Gasteiger charge is -2.32. The van der Waals surface area contributed by atoms with Crippen LogP contribution in [0.3, 0.4) is 0 Å². The fraction of sp³-hybridized carbons (Fsp3) is 0.333. The number of imide groups is 1. The molecule has 2 aromatic carbocycles. The molecular formula is C30H35ClN6O3. The Morgan fingerprint density at radius 2 is 1.85 bits per heavy atom. The average molecular weight is 563 g/mol. The lowest BCUT2D eigenvalue weighted by molar-refractivity contribution is -0.130. The van der Waals surface area contributed by atoms with Gasteiger partial charge in [0, 0.05) is 18.3 Å². The Bertz CT molecular complexity index is 1560. The number of aryl methyl sites for hydroxylation is 1. The molecule has 6 N–H and O–H groups in total. The first-order chi connectivity index (χ1) is 18.9. The standard InChI is InChI=1S/C30H34N6O3.ClH/c1-18-17-33-12-11-24(18)22-4-2-3-20(13-22)14-26(32)30(39)36(29(38)21-7-5-19(16-31)6-8-21)23-9-10-25-27(15-23)34-35-28(25)37;/h2-4,9-13,15,17,19,21,26H,5-8,14,16,31-32H2,1H3,(H2,34,35,37);1H/t19?,21?,26-;/m0./s1. The maximum absolute atomic E-state index is 13.9. The van der Waals surface area contributed by atoms with Gasteiger partial charge < -0.3 is 11.5 Å². The van der Waals surface area contributed by atoms with Crippen LogP contribution in [0.25, 0.3) is 22.0 Å². The van der Waals surface area contributed by atoms with Crippen LogP contribution in [0.1, 0.15) is 36.8 Å². The number of hydrogen-bond acceptors (Lipinski definition) is 6. The van der Waals surface area contributed by atoms with Crippen LogP contribution in [-0.4, -0.2) is 39.6 Å². The number of anilines is 1. The van der Waals surface area contributed by atoms with Gasteiger partial charge in [-0.25, -0.2) is 4.90 Å². The number of pyridine rings is 1. The zero-order valence-corrected chi connectivity index (χ0v) is 23.2. The number of nitrogens with two attached hydrogens (primary N) is 2. The van der Waals surface area contributed by atoms with Crippen LogP contribution >= 0.6 is 12.4 Å². The summed E-state index contributed by atoms with van der Waals surface area (Å²) in [5, 5.41) is 5.81. The molecule has 4 aromatic rings. The van der Waals surface area contributed by atoms with Crippen LogP contribution < -0.4 is 21.9 Å². The third kappa shape index (κ3) is 6.01. The number of carbonyl (C=O) groups excluding carboxylic acids is 2. The van der Waals surface area contributed by atoms with E-state index in [0.717, 1.165) is 35.1 Å². The van der Waals surface area contributed by atoms with E-state index in [1.54, 1.807) is 24.4 Å². The van der Waals surface area contributed by atoms with Gasteiger partial charge in [-0.15, -0.1) is 12.4 Å². The molecule has 10 heteroatoms. The zero-order valence-electron chi connectivity index (χ0n) is 22.4. The van der Waals surface area contributed by atoms with Gasteiger partial charge in [0.2, 0.25) is 5.91 Å². The van der Waals surface area contributed by atoms with Gasteiger partial charge in [0.1, 0.15) is 0 Å². The van der Waals surface area contributed by atoms with Gasteiger partial charge in [0.25, 0.3) is 11.5 Å². The molecule has 1 aliphatic rings. The van der Waals surface area contributed by atoms with Crippen molar-refractivity contribution in [2.75, 3.05) is 11.4 Å². The third-order valence-electron chi connectivity index (χ3n) is 7.82. The Kier molecular flexibility index (Phi) is 9.19. The van der Waals surface area contributed by atoms with Gasteiger partial charge in [0.15, 0.2) is 0 Å². The lowest BCUT2D eigenvalue weighted by Crippen LogP contribution is -2.50. The molecule has 0 saturated heterocycles. The second-order valence-electron chi connectivity index (χ2n) is 10.5. The molecule has 1 aliphatic carbocycles. The van der Waals surface area contributed by atoms with Gasteiger partial charge in [0.05, 0.1) is 22.6 Å². The first-order valence-electron chi connectivity index (χ1n) is 13.4. The summed E-state index contributed by atoms with van der Waals surface area (Å²) in [6.07, 6.45) is 6.90. The maximum atomic E-state index is 13.9. The Morgan fingerprint density at radius 1 is 1.07 bits per heavy atom. The molecule has 2 amide bonds. The van der Waals surface area contributed by atoms with Gasteiger partial charge >= 0.3 is 0 Å². The molecule has 2 aromatic heterocycles. The van der Waals surface area contributed by atoms with Crippen LogP contribution in [0.4, 0.5) is 5.69 Å². The van der Waals surface area contributed by atoms with E-state index in [1.807, 2.05) is 43.5 Å². The molecule has 1 fully saturated rings. The molecule has 2 heterocycles. The molecule has 0 aliphatic heterocycles. The topological polar surface area (TPSA) is 151 Å². The largest absolute Gasteiger partial charge is 0.330 e. The van der Waals surface area contributed by atoms with Crippen LogP contribution in [0.5, 0.6) is 0 Å². The number of H-pyrrole nitrogens is 2. The minimum atomic E-state index is -0.941. The predicted octanol–water partition coefficient (Wildman–Crippen LogP) is 3.84. The van der Waals surface area contributed by atoms with Crippen molar-refractivity contribution in [3.05, 3.63) is 82.4 Å². The summed E-state index contributed by atoms with van der Waals surface area (Å²) in [5.74, 6) is -0.617. The molecule has 210 valence electrons. The summed E-state index contributed by atoms with van der Waals surface area (Å²) in [4.78, 5) is 45.1. The minimum absolute atomic E-state index is 0. The Labute approximate surface area is 238 Å². The number of nitrogens with zero attached hydrogens (tertiary/aromatic N) is 2. The number of aromatic nitrogens is 3. The van der Waals surface area contributed by atoms with E-state index in [4.69, 9.17) is 11.5 Å². The molecule has 0 radical (unpaired) electrons. The number of carbonyl (C=O) groups is 2. The number of nitrogens with one attached hydrogen (secondary N) is 2. The number of hydrogen-bond donors (Lipinski definition) is 4. The summed E-state index contributed by atoms with van der Waals surface area (Å²) in [6.45, 7) is 2.60. The van der Waals surface area contributed by atoms with Crippen LogP contribution in [0.15, 0.2) is 65.7 Å². The van der Waals surface area contributed by atoms with E-state index in [1.165, 1.54) is 4.90 Å². The number of fused-ring (bicyclic) bond motifs is 1. The highest BCUT2D eigenvalue weighted by Crippen LogP contribution is 2.32. The molecule has 40 heavy (non-hydrogen) atoms. The average Bonchev–Trinajstić information content (AvgIpc) is 3.33. The number of benzene rings is 2. The van der Waals surface area contributed by atoms with Crippen molar-refractivity contribution in [2.45, 2.75) is 45.1 Å². The highest BCUT2D eigenvalue weighted by molar-refractivity contribution is 6.17. The second kappa shape index (κ2) is 12.6. The highest BCUT2D eigenvalue weighted by Gasteiger charge is 2.35. The smallest absolute Gasteiger partial charge is 0.271 e. The molecule has 5 rings (SSSR count). The Hall–Kier alpha value is -3.79. The normalized spacial score (nSPS) is 17.7. The Morgan fingerprint density at radius 3 is 2.58 bits per heavy atom. The summed E-state index contributed by atoms with van der Waals surface area (Å²) >= 11 is 0. The molecule has 9 nitrogen and oxygen atoms in total. The fourth-order valence-corrected chi connectivity index (χ4v) is 5.53. The molecular weight excluding hydrogens is 528 g/mol. The zero-order chi connectivity index (χ0) is 27.5. The Balaban J connectivity index is 0.00000370. The van der Waals surface area contributed by atoms with E-state index < -0.39 is 11.9 Å².